The van der Waals surface area contributed by atoms with E-state index in [1.807, 2.05) is 24.3 Å². The van der Waals surface area contributed by atoms with Crippen LogP contribution in [0.1, 0.15) is 10.4 Å². The molecule has 0 saturated heterocycles. The molecule has 2 rings (SSSR count). The largest absolute Gasteiger partial charge is 0.497 e. The van der Waals surface area contributed by atoms with Crippen LogP contribution in [0, 0.1) is 0 Å². The Labute approximate surface area is 127 Å². The highest BCUT2D eigenvalue weighted by Crippen LogP contribution is 2.16. The van der Waals surface area contributed by atoms with Gasteiger partial charge in [0.05, 0.1) is 19.2 Å². The Balaban J connectivity index is 1.73. The first-order valence-corrected chi connectivity index (χ1v) is 6.73. The number of carbonyl (C=O) groups is 1. The number of rotatable bonds is 6. The van der Waals surface area contributed by atoms with E-state index in [4.69, 9.17) is 21.1 Å². The van der Waals surface area contributed by atoms with Gasteiger partial charge in [-0.05, 0) is 36.4 Å². The summed E-state index contributed by atoms with van der Waals surface area (Å²) in [6.07, 6.45) is 1.43. The standard InChI is InChI=1S/C15H15ClN2O3/c1-20-12-3-5-13(6-4-12)21-9-8-17-15(19)11-2-7-14(16)18-10-11/h2-7,10H,8-9H2,1H3,(H,17,19). The summed E-state index contributed by atoms with van der Waals surface area (Å²) in [5.41, 5.74) is 0.462. The predicted octanol–water partition coefficient (Wildman–Crippen LogP) is 2.55. The van der Waals surface area contributed by atoms with Crippen molar-refractivity contribution < 1.29 is 14.3 Å². The van der Waals surface area contributed by atoms with Gasteiger partial charge in [-0.2, -0.15) is 0 Å². The molecule has 0 aliphatic rings. The average Bonchev–Trinajstić information content (AvgIpc) is 2.52. The summed E-state index contributed by atoms with van der Waals surface area (Å²) in [6.45, 7) is 0.770. The van der Waals surface area contributed by atoms with Gasteiger partial charge in [0.1, 0.15) is 23.3 Å². The molecular weight excluding hydrogens is 292 g/mol. The van der Waals surface area contributed by atoms with Crippen LogP contribution in [0.15, 0.2) is 42.6 Å². The lowest BCUT2D eigenvalue weighted by atomic mass is 10.3. The number of amides is 1. The molecule has 0 spiro atoms. The molecule has 6 heteroatoms. The van der Waals surface area contributed by atoms with Gasteiger partial charge >= 0.3 is 0 Å². The van der Waals surface area contributed by atoms with Crippen LogP contribution < -0.4 is 14.8 Å². The van der Waals surface area contributed by atoms with E-state index in [0.29, 0.717) is 23.9 Å². The average molecular weight is 307 g/mol. The Hall–Kier alpha value is -2.27. The van der Waals surface area contributed by atoms with E-state index in [1.54, 1.807) is 19.2 Å². The van der Waals surface area contributed by atoms with Gasteiger partial charge in [-0.1, -0.05) is 11.6 Å². The summed E-state index contributed by atoms with van der Waals surface area (Å²) < 4.78 is 10.6. The lowest BCUT2D eigenvalue weighted by Crippen LogP contribution is -2.28. The molecule has 1 amide bonds. The summed E-state index contributed by atoms with van der Waals surface area (Å²) >= 11 is 5.66. The van der Waals surface area contributed by atoms with Crippen LogP contribution in [0.4, 0.5) is 0 Å². The number of benzene rings is 1. The number of carbonyl (C=O) groups excluding carboxylic acids is 1. The van der Waals surface area contributed by atoms with Crippen molar-refractivity contribution in [1.29, 1.82) is 0 Å². The number of hydrogen-bond donors (Lipinski definition) is 1. The Morgan fingerprint density at radius 2 is 1.90 bits per heavy atom. The van der Waals surface area contributed by atoms with E-state index < -0.39 is 0 Å². The van der Waals surface area contributed by atoms with Gasteiger partial charge in [-0.3, -0.25) is 4.79 Å². The molecule has 0 aliphatic carbocycles. The zero-order valence-electron chi connectivity index (χ0n) is 11.5. The van der Waals surface area contributed by atoms with E-state index in [-0.39, 0.29) is 5.91 Å². The van der Waals surface area contributed by atoms with Gasteiger partial charge in [0, 0.05) is 6.20 Å². The van der Waals surface area contributed by atoms with Gasteiger partial charge in [0.25, 0.3) is 5.91 Å². The van der Waals surface area contributed by atoms with E-state index in [0.717, 1.165) is 11.5 Å². The molecule has 0 radical (unpaired) electrons. The second-order valence-electron chi connectivity index (χ2n) is 4.15. The Kier molecular flexibility index (Phi) is 5.40. The molecule has 2 aromatic rings. The fourth-order valence-electron chi connectivity index (χ4n) is 1.62. The van der Waals surface area contributed by atoms with Crippen LogP contribution in [0.25, 0.3) is 0 Å². The van der Waals surface area contributed by atoms with Crippen LogP contribution in [0.3, 0.4) is 0 Å². The number of nitrogens with one attached hydrogen (secondary N) is 1. The van der Waals surface area contributed by atoms with E-state index in [1.165, 1.54) is 6.20 Å². The zero-order valence-corrected chi connectivity index (χ0v) is 12.3. The molecule has 1 heterocycles. The van der Waals surface area contributed by atoms with Gasteiger partial charge in [-0.25, -0.2) is 4.98 Å². The second-order valence-corrected chi connectivity index (χ2v) is 4.54. The van der Waals surface area contributed by atoms with Crippen molar-refractivity contribution in [3.05, 3.63) is 53.3 Å². The number of hydrogen-bond acceptors (Lipinski definition) is 4. The van der Waals surface area contributed by atoms with Crippen molar-refractivity contribution in [2.45, 2.75) is 0 Å². The highest BCUT2D eigenvalue weighted by atomic mass is 35.5. The maximum absolute atomic E-state index is 11.8. The minimum Gasteiger partial charge on any atom is -0.497 e. The first-order chi connectivity index (χ1) is 10.2. The molecule has 5 nitrogen and oxygen atoms in total. The van der Waals surface area contributed by atoms with E-state index >= 15 is 0 Å². The maximum atomic E-state index is 11.8. The highest BCUT2D eigenvalue weighted by molar-refractivity contribution is 6.29. The van der Waals surface area contributed by atoms with Gasteiger partial charge in [0.2, 0.25) is 0 Å². The molecule has 0 atom stereocenters. The lowest BCUT2D eigenvalue weighted by molar-refractivity contribution is 0.0946. The Morgan fingerprint density at radius 1 is 1.19 bits per heavy atom. The minimum atomic E-state index is -0.211. The van der Waals surface area contributed by atoms with Crippen molar-refractivity contribution >= 4 is 17.5 Å². The summed E-state index contributed by atoms with van der Waals surface area (Å²) in [5.74, 6) is 1.28. The topological polar surface area (TPSA) is 60.5 Å². The molecule has 1 aromatic carbocycles. The van der Waals surface area contributed by atoms with Gasteiger partial charge in [0.15, 0.2) is 0 Å². The fourth-order valence-corrected chi connectivity index (χ4v) is 1.73. The van der Waals surface area contributed by atoms with Gasteiger partial charge in [-0.15, -0.1) is 0 Å². The van der Waals surface area contributed by atoms with Crippen molar-refractivity contribution in [2.75, 3.05) is 20.3 Å². The highest BCUT2D eigenvalue weighted by Gasteiger charge is 2.05. The third-order valence-corrected chi connectivity index (χ3v) is 2.93. The summed E-state index contributed by atoms with van der Waals surface area (Å²) in [4.78, 5) is 15.6. The molecular formula is C15H15ClN2O3. The number of halogens is 1. The first kappa shape index (κ1) is 15.1. The number of aromatic nitrogens is 1. The SMILES string of the molecule is COc1ccc(OCCNC(=O)c2ccc(Cl)nc2)cc1. The van der Waals surface area contributed by atoms with Crippen LogP contribution in [0.2, 0.25) is 5.15 Å². The van der Waals surface area contributed by atoms with E-state index in [9.17, 15) is 4.79 Å². The quantitative estimate of drug-likeness (QED) is 0.658. The van der Waals surface area contributed by atoms with Crippen LogP contribution >= 0.6 is 11.6 Å². The maximum Gasteiger partial charge on any atom is 0.252 e. The summed E-state index contributed by atoms with van der Waals surface area (Å²) in [6, 6.07) is 10.4. The molecule has 0 bridgehead atoms. The third-order valence-electron chi connectivity index (χ3n) is 2.71. The molecule has 110 valence electrons. The number of nitrogens with zero attached hydrogens (tertiary/aromatic N) is 1. The molecule has 0 aliphatic heterocycles. The molecule has 0 saturated carbocycles. The molecule has 1 aromatic heterocycles. The summed E-state index contributed by atoms with van der Waals surface area (Å²) in [5, 5.41) is 3.10. The smallest absolute Gasteiger partial charge is 0.252 e. The first-order valence-electron chi connectivity index (χ1n) is 6.35. The number of pyridine rings is 1. The third kappa shape index (κ3) is 4.65. The zero-order chi connectivity index (χ0) is 15.1. The van der Waals surface area contributed by atoms with Crippen LogP contribution in [0.5, 0.6) is 11.5 Å². The molecule has 1 N–H and O–H groups in total. The van der Waals surface area contributed by atoms with Crippen molar-refractivity contribution in [3.8, 4) is 11.5 Å². The number of ether oxygens (including phenoxy) is 2. The van der Waals surface area contributed by atoms with Crippen LogP contribution in [-0.4, -0.2) is 31.2 Å². The fraction of sp³-hybridized carbons (Fsp3) is 0.200. The summed E-state index contributed by atoms with van der Waals surface area (Å²) in [7, 11) is 1.61. The second kappa shape index (κ2) is 7.50. The lowest BCUT2D eigenvalue weighted by Gasteiger charge is -2.08. The molecule has 0 unspecified atom stereocenters. The monoisotopic (exact) mass is 306 g/mol. The predicted molar refractivity (Wildman–Crippen MR) is 80.1 cm³/mol. The van der Waals surface area contributed by atoms with E-state index in [2.05, 4.69) is 10.3 Å². The molecule has 0 fully saturated rings. The minimum absolute atomic E-state index is 0.211. The van der Waals surface area contributed by atoms with Gasteiger partial charge < -0.3 is 14.8 Å². The molecule has 21 heavy (non-hydrogen) atoms. The normalized spacial score (nSPS) is 10.0. The van der Waals surface area contributed by atoms with Crippen molar-refractivity contribution in [2.24, 2.45) is 0 Å². The Morgan fingerprint density at radius 3 is 2.52 bits per heavy atom. The van der Waals surface area contributed by atoms with Crippen molar-refractivity contribution in [1.82, 2.24) is 10.3 Å². The Bertz CT molecular complexity index is 585. The number of methoxy groups -OCH3 is 1. The van der Waals surface area contributed by atoms with Crippen LogP contribution in [-0.2, 0) is 0 Å². The van der Waals surface area contributed by atoms with Crippen molar-refractivity contribution in [3.63, 3.8) is 0 Å².